The standard InChI is InChI=1S/C26H29Cl2FN6O6/c1-13(19-15(27)8-9-16(29)20(19)28)39-18-10-17(22(36)32-14-11-30-31-12-14)33-34-21(18)35(23(37)40-25(2,3)4)24(38)41-26(5,6)7/h8-13H,1-7H3,(H,30,31)(H,32,36). The number of hydrogen-bond acceptors (Lipinski definition) is 9. The normalized spacial score (nSPS) is 12.3. The van der Waals surface area contributed by atoms with Gasteiger partial charge in [0.25, 0.3) is 5.91 Å². The molecule has 3 aromatic rings. The zero-order valence-corrected chi connectivity index (χ0v) is 24.8. The summed E-state index contributed by atoms with van der Waals surface area (Å²) in [6.07, 6.45) is -0.593. The fourth-order valence-electron chi connectivity index (χ4n) is 3.26. The molecule has 0 bridgehead atoms. The lowest BCUT2D eigenvalue weighted by molar-refractivity contribution is 0.0425. The number of aromatic amines is 1. The van der Waals surface area contributed by atoms with Crippen molar-refractivity contribution in [3.8, 4) is 5.75 Å². The Morgan fingerprint density at radius 1 is 1.02 bits per heavy atom. The van der Waals surface area contributed by atoms with Crippen LogP contribution in [0.5, 0.6) is 5.75 Å². The Bertz CT molecular complexity index is 1410. The topological polar surface area (TPSA) is 149 Å². The van der Waals surface area contributed by atoms with Crippen LogP contribution in [0.15, 0.2) is 30.6 Å². The molecule has 2 heterocycles. The second kappa shape index (κ2) is 12.3. The first-order valence-corrected chi connectivity index (χ1v) is 13.0. The fraction of sp³-hybridized carbons (Fsp3) is 0.385. The third kappa shape index (κ3) is 8.27. The lowest BCUT2D eigenvalue weighted by Crippen LogP contribution is -2.44. The predicted octanol–water partition coefficient (Wildman–Crippen LogP) is 6.71. The van der Waals surface area contributed by atoms with Gasteiger partial charge in [-0.3, -0.25) is 9.89 Å². The van der Waals surface area contributed by atoms with Crippen LogP contribution in [0.25, 0.3) is 0 Å². The SMILES string of the molecule is CC(Oc1cc(C(=O)Nc2cn[nH]c2)nnc1N(C(=O)OC(C)(C)C)C(=O)OC(C)(C)C)c1c(Cl)ccc(F)c1Cl. The number of imide groups is 1. The summed E-state index contributed by atoms with van der Waals surface area (Å²) in [7, 11) is 0. The minimum Gasteiger partial charge on any atom is -0.482 e. The molecule has 3 amide bonds. The Morgan fingerprint density at radius 3 is 2.17 bits per heavy atom. The van der Waals surface area contributed by atoms with Crippen LogP contribution in [0.4, 0.5) is 25.5 Å². The van der Waals surface area contributed by atoms with Gasteiger partial charge in [-0.05, 0) is 60.6 Å². The number of benzene rings is 1. The van der Waals surface area contributed by atoms with Crippen LogP contribution in [0, 0.1) is 5.82 Å². The number of aromatic nitrogens is 4. The van der Waals surface area contributed by atoms with E-state index in [0.717, 1.165) is 12.1 Å². The summed E-state index contributed by atoms with van der Waals surface area (Å²) >= 11 is 12.5. The molecular formula is C26H29Cl2FN6O6. The van der Waals surface area contributed by atoms with Crippen molar-refractivity contribution in [3.05, 3.63) is 57.7 Å². The van der Waals surface area contributed by atoms with Gasteiger partial charge in [-0.1, -0.05) is 23.2 Å². The van der Waals surface area contributed by atoms with E-state index in [2.05, 4.69) is 25.7 Å². The van der Waals surface area contributed by atoms with E-state index < -0.39 is 47.0 Å². The van der Waals surface area contributed by atoms with Gasteiger partial charge in [-0.15, -0.1) is 10.2 Å². The van der Waals surface area contributed by atoms with E-state index in [1.54, 1.807) is 41.5 Å². The van der Waals surface area contributed by atoms with E-state index in [0.29, 0.717) is 10.6 Å². The molecule has 220 valence electrons. The Balaban J connectivity index is 2.15. The Kier molecular flexibility index (Phi) is 9.44. The van der Waals surface area contributed by atoms with Crippen molar-refractivity contribution in [1.29, 1.82) is 0 Å². The summed E-state index contributed by atoms with van der Waals surface area (Å²) in [6, 6.07) is 3.52. The van der Waals surface area contributed by atoms with Crippen LogP contribution in [-0.2, 0) is 9.47 Å². The van der Waals surface area contributed by atoms with Crippen molar-refractivity contribution >= 4 is 52.8 Å². The number of rotatable bonds is 6. The Labute approximate surface area is 245 Å². The van der Waals surface area contributed by atoms with Gasteiger partial charge in [-0.2, -0.15) is 10.00 Å². The first-order valence-electron chi connectivity index (χ1n) is 12.2. The number of H-pyrrole nitrogens is 1. The average molecular weight is 611 g/mol. The number of ether oxygens (including phenoxy) is 3. The van der Waals surface area contributed by atoms with Crippen LogP contribution in [0.3, 0.4) is 0 Å². The quantitative estimate of drug-likeness (QED) is 0.290. The molecule has 0 aliphatic heterocycles. The molecule has 0 saturated carbocycles. The van der Waals surface area contributed by atoms with Crippen LogP contribution in [-0.4, -0.2) is 49.7 Å². The lowest BCUT2D eigenvalue weighted by Gasteiger charge is -2.29. The molecule has 1 unspecified atom stereocenters. The Hall–Kier alpha value is -3.97. The van der Waals surface area contributed by atoms with Crippen LogP contribution in [0.1, 0.15) is 70.6 Å². The van der Waals surface area contributed by atoms with E-state index in [1.807, 2.05) is 0 Å². The largest absolute Gasteiger partial charge is 0.482 e. The number of carbonyl (C=O) groups is 3. The van der Waals surface area contributed by atoms with Crippen molar-refractivity contribution in [2.45, 2.75) is 65.8 Å². The molecule has 1 atom stereocenters. The highest BCUT2D eigenvalue weighted by atomic mass is 35.5. The molecule has 0 spiro atoms. The van der Waals surface area contributed by atoms with Crippen molar-refractivity contribution in [3.63, 3.8) is 0 Å². The van der Waals surface area contributed by atoms with Crippen LogP contribution < -0.4 is 15.0 Å². The molecule has 0 aliphatic rings. The molecule has 41 heavy (non-hydrogen) atoms. The maximum Gasteiger partial charge on any atom is 0.425 e. The van der Waals surface area contributed by atoms with Gasteiger partial charge < -0.3 is 19.5 Å². The summed E-state index contributed by atoms with van der Waals surface area (Å²) in [5, 5.41) is 16.5. The number of nitrogens with one attached hydrogen (secondary N) is 2. The average Bonchev–Trinajstić information content (AvgIpc) is 3.33. The minimum absolute atomic E-state index is 0.0709. The van der Waals surface area contributed by atoms with Gasteiger partial charge in [0.1, 0.15) is 23.1 Å². The van der Waals surface area contributed by atoms with Crippen molar-refractivity contribution < 1.29 is 33.0 Å². The fourth-order valence-corrected chi connectivity index (χ4v) is 3.94. The van der Waals surface area contributed by atoms with Gasteiger partial charge in [-0.25, -0.2) is 14.0 Å². The number of nitrogens with zero attached hydrogens (tertiary/aromatic N) is 4. The molecule has 1 aromatic carbocycles. The summed E-state index contributed by atoms with van der Waals surface area (Å²) in [4.78, 5) is 39.9. The summed E-state index contributed by atoms with van der Waals surface area (Å²) in [5.74, 6) is -2.23. The lowest BCUT2D eigenvalue weighted by atomic mass is 10.1. The van der Waals surface area contributed by atoms with Crippen molar-refractivity contribution in [2.24, 2.45) is 0 Å². The van der Waals surface area contributed by atoms with E-state index in [-0.39, 0.29) is 27.1 Å². The molecule has 12 nitrogen and oxygen atoms in total. The van der Waals surface area contributed by atoms with E-state index >= 15 is 0 Å². The smallest absolute Gasteiger partial charge is 0.425 e. The first kappa shape index (κ1) is 31.6. The predicted molar refractivity (Wildman–Crippen MR) is 149 cm³/mol. The molecule has 2 N–H and O–H groups in total. The second-order valence-corrected chi connectivity index (χ2v) is 11.5. The molecule has 0 aliphatic carbocycles. The highest BCUT2D eigenvalue weighted by Crippen LogP contribution is 2.38. The minimum atomic E-state index is -1.16. The Morgan fingerprint density at radius 2 is 1.63 bits per heavy atom. The number of anilines is 2. The van der Waals surface area contributed by atoms with Crippen LogP contribution in [0.2, 0.25) is 10.0 Å². The zero-order chi connectivity index (χ0) is 30.7. The third-order valence-electron chi connectivity index (χ3n) is 4.88. The molecule has 0 radical (unpaired) electrons. The van der Waals surface area contributed by atoms with Gasteiger partial charge in [0.2, 0.25) is 5.82 Å². The van der Waals surface area contributed by atoms with Gasteiger partial charge >= 0.3 is 12.2 Å². The van der Waals surface area contributed by atoms with Gasteiger partial charge in [0.05, 0.1) is 16.9 Å². The molecular weight excluding hydrogens is 582 g/mol. The van der Waals surface area contributed by atoms with Crippen LogP contribution >= 0.6 is 23.2 Å². The molecule has 0 saturated heterocycles. The number of amides is 3. The number of halogens is 3. The maximum absolute atomic E-state index is 14.3. The molecule has 15 heteroatoms. The molecule has 2 aromatic heterocycles. The summed E-state index contributed by atoms with van der Waals surface area (Å²) in [5.41, 5.74) is -1.90. The monoisotopic (exact) mass is 610 g/mol. The number of carbonyl (C=O) groups excluding carboxylic acids is 3. The molecule has 3 rings (SSSR count). The van der Waals surface area contributed by atoms with Gasteiger partial charge in [0.15, 0.2) is 11.4 Å². The van der Waals surface area contributed by atoms with Crippen molar-refractivity contribution in [2.75, 3.05) is 10.2 Å². The zero-order valence-electron chi connectivity index (χ0n) is 23.3. The van der Waals surface area contributed by atoms with E-state index in [1.165, 1.54) is 25.4 Å². The first-order chi connectivity index (χ1) is 19.0. The van der Waals surface area contributed by atoms with Gasteiger partial charge in [0, 0.05) is 22.8 Å². The number of hydrogen-bond donors (Lipinski definition) is 2. The summed E-state index contributed by atoms with van der Waals surface area (Å²) < 4.78 is 31.1. The van der Waals surface area contributed by atoms with E-state index in [9.17, 15) is 18.8 Å². The summed E-state index contributed by atoms with van der Waals surface area (Å²) in [6.45, 7) is 11.1. The van der Waals surface area contributed by atoms with E-state index in [4.69, 9.17) is 37.4 Å². The highest BCUT2D eigenvalue weighted by molar-refractivity contribution is 6.36. The second-order valence-electron chi connectivity index (χ2n) is 10.7. The van der Waals surface area contributed by atoms with Crippen molar-refractivity contribution in [1.82, 2.24) is 20.4 Å². The maximum atomic E-state index is 14.3. The molecule has 0 fully saturated rings. The highest BCUT2D eigenvalue weighted by Gasteiger charge is 2.37. The third-order valence-corrected chi connectivity index (χ3v) is 5.60.